The molecule has 4 rings (SSSR count). The summed E-state index contributed by atoms with van der Waals surface area (Å²) < 4.78 is 5.45. The Balaban J connectivity index is 1.84. The minimum Gasteiger partial charge on any atom is -0.337 e. The van der Waals surface area contributed by atoms with Gasteiger partial charge in [0, 0.05) is 30.7 Å². The van der Waals surface area contributed by atoms with E-state index in [1.54, 1.807) is 0 Å². The highest BCUT2D eigenvalue weighted by Crippen LogP contribution is 2.41. The first-order valence-electron chi connectivity index (χ1n) is 8.39. The van der Waals surface area contributed by atoms with Gasteiger partial charge < -0.3 is 15.2 Å². The molecule has 2 aliphatic rings. The van der Waals surface area contributed by atoms with Crippen molar-refractivity contribution < 1.29 is 9.32 Å². The summed E-state index contributed by atoms with van der Waals surface area (Å²) in [5.41, 5.74) is 8.89. The first-order valence-corrected chi connectivity index (χ1v) is 8.39. The Kier molecular flexibility index (Phi) is 3.37. The van der Waals surface area contributed by atoms with Crippen molar-refractivity contribution in [3.05, 3.63) is 23.0 Å². The van der Waals surface area contributed by atoms with Crippen LogP contribution in [0.25, 0.3) is 11.1 Å². The van der Waals surface area contributed by atoms with Crippen molar-refractivity contribution in [1.29, 1.82) is 0 Å². The molecule has 6 nitrogen and oxygen atoms in total. The molecule has 23 heavy (non-hydrogen) atoms. The zero-order valence-corrected chi connectivity index (χ0v) is 13.6. The number of aromatic nitrogens is 2. The van der Waals surface area contributed by atoms with Crippen LogP contribution in [-0.2, 0) is 0 Å². The third-order valence-corrected chi connectivity index (χ3v) is 4.78. The molecular formula is C17H22N4O2. The van der Waals surface area contributed by atoms with Gasteiger partial charge >= 0.3 is 0 Å². The van der Waals surface area contributed by atoms with E-state index in [0.29, 0.717) is 30.3 Å². The topological polar surface area (TPSA) is 85.2 Å². The van der Waals surface area contributed by atoms with Crippen LogP contribution in [0.1, 0.15) is 66.7 Å². The number of amides is 1. The molecule has 0 unspecified atom stereocenters. The van der Waals surface area contributed by atoms with E-state index in [9.17, 15) is 4.79 Å². The molecule has 6 heteroatoms. The van der Waals surface area contributed by atoms with Gasteiger partial charge in [-0.05, 0) is 31.2 Å². The van der Waals surface area contributed by atoms with E-state index in [-0.39, 0.29) is 17.9 Å². The first kappa shape index (κ1) is 14.6. The zero-order chi connectivity index (χ0) is 16.1. The van der Waals surface area contributed by atoms with Crippen LogP contribution >= 0.6 is 0 Å². The highest BCUT2D eigenvalue weighted by atomic mass is 16.5. The lowest BCUT2D eigenvalue weighted by Gasteiger charge is -2.17. The fraction of sp³-hybridized carbons (Fsp3) is 0.588. The summed E-state index contributed by atoms with van der Waals surface area (Å²) >= 11 is 0. The number of rotatable bonds is 3. The van der Waals surface area contributed by atoms with Gasteiger partial charge in [-0.15, -0.1) is 0 Å². The van der Waals surface area contributed by atoms with E-state index in [4.69, 9.17) is 10.3 Å². The van der Waals surface area contributed by atoms with Gasteiger partial charge in [0.25, 0.3) is 11.6 Å². The molecule has 1 aliphatic heterocycles. The lowest BCUT2D eigenvalue weighted by atomic mass is 10.0. The third-order valence-electron chi connectivity index (χ3n) is 4.78. The molecule has 0 spiro atoms. The summed E-state index contributed by atoms with van der Waals surface area (Å²) in [6, 6.07) is 2.03. The smallest absolute Gasteiger partial charge is 0.259 e. The summed E-state index contributed by atoms with van der Waals surface area (Å²) in [6.45, 7) is 5.42. The second-order valence-electron chi connectivity index (χ2n) is 7.07. The van der Waals surface area contributed by atoms with Crippen LogP contribution in [0.5, 0.6) is 0 Å². The molecule has 2 aromatic rings. The Morgan fingerprint density at radius 1 is 1.39 bits per heavy atom. The highest BCUT2D eigenvalue weighted by Gasteiger charge is 2.32. The van der Waals surface area contributed by atoms with Crippen molar-refractivity contribution in [1.82, 2.24) is 15.0 Å². The van der Waals surface area contributed by atoms with Crippen LogP contribution in [0, 0.1) is 0 Å². The number of hydrogen-bond acceptors (Lipinski definition) is 5. The number of hydrogen-bond donors (Lipinski definition) is 1. The lowest BCUT2D eigenvalue weighted by Crippen LogP contribution is -2.32. The molecular weight excluding hydrogens is 292 g/mol. The van der Waals surface area contributed by atoms with Crippen LogP contribution in [0.2, 0.25) is 0 Å². The van der Waals surface area contributed by atoms with Crippen molar-refractivity contribution in [2.24, 2.45) is 5.73 Å². The predicted octanol–water partition coefficient (Wildman–Crippen LogP) is 2.40. The monoisotopic (exact) mass is 314 g/mol. The summed E-state index contributed by atoms with van der Waals surface area (Å²) in [5.74, 6) is 0.661. The molecule has 0 radical (unpaired) electrons. The van der Waals surface area contributed by atoms with Crippen LogP contribution < -0.4 is 5.73 Å². The summed E-state index contributed by atoms with van der Waals surface area (Å²) in [4.78, 5) is 19.5. The number of carbonyl (C=O) groups excluding carboxylic acids is 1. The van der Waals surface area contributed by atoms with Gasteiger partial charge in [-0.3, -0.25) is 4.79 Å². The molecule has 2 N–H and O–H groups in total. The van der Waals surface area contributed by atoms with Gasteiger partial charge in [0.15, 0.2) is 0 Å². The van der Waals surface area contributed by atoms with E-state index in [1.807, 2.05) is 24.8 Å². The fourth-order valence-corrected chi connectivity index (χ4v) is 3.29. The van der Waals surface area contributed by atoms with Crippen LogP contribution in [-0.4, -0.2) is 40.1 Å². The van der Waals surface area contributed by atoms with Gasteiger partial charge in [-0.1, -0.05) is 19.0 Å². The average molecular weight is 314 g/mol. The van der Waals surface area contributed by atoms with Gasteiger partial charge in [0.1, 0.15) is 0 Å². The van der Waals surface area contributed by atoms with Gasteiger partial charge in [0.2, 0.25) is 0 Å². The summed E-state index contributed by atoms with van der Waals surface area (Å²) in [5, 5.41) is 4.94. The summed E-state index contributed by atoms with van der Waals surface area (Å²) in [6.07, 6.45) is 3.12. The normalized spacial score (nSPS) is 21.6. The lowest BCUT2D eigenvalue weighted by molar-refractivity contribution is 0.0792. The van der Waals surface area contributed by atoms with Crippen molar-refractivity contribution in [2.45, 2.75) is 51.0 Å². The number of carbonyl (C=O) groups is 1. The van der Waals surface area contributed by atoms with Crippen molar-refractivity contribution in [2.75, 3.05) is 13.1 Å². The van der Waals surface area contributed by atoms with Crippen molar-refractivity contribution in [3.8, 4) is 0 Å². The maximum Gasteiger partial charge on any atom is 0.259 e. The molecule has 1 atom stereocenters. The minimum absolute atomic E-state index is 0.0253. The van der Waals surface area contributed by atoms with Crippen LogP contribution in [0.3, 0.4) is 0 Å². The van der Waals surface area contributed by atoms with Gasteiger partial charge in [-0.25, -0.2) is 4.98 Å². The Bertz CT molecular complexity index is 763. The summed E-state index contributed by atoms with van der Waals surface area (Å²) in [7, 11) is 0. The number of nitrogens with two attached hydrogens (primary N) is 1. The molecule has 122 valence electrons. The van der Waals surface area contributed by atoms with E-state index >= 15 is 0 Å². The highest BCUT2D eigenvalue weighted by molar-refractivity contribution is 6.06. The maximum atomic E-state index is 13.0. The molecule has 0 bridgehead atoms. The van der Waals surface area contributed by atoms with Gasteiger partial charge in [0.05, 0.1) is 16.6 Å². The molecule has 1 saturated heterocycles. The van der Waals surface area contributed by atoms with E-state index in [0.717, 1.165) is 36.0 Å². The molecule has 3 heterocycles. The fourth-order valence-electron chi connectivity index (χ4n) is 3.29. The van der Waals surface area contributed by atoms with Crippen molar-refractivity contribution >= 4 is 17.0 Å². The molecule has 2 aromatic heterocycles. The number of nitrogens with zero attached hydrogens (tertiary/aromatic N) is 3. The largest absolute Gasteiger partial charge is 0.337 e. The van der Waals surface area contributed by atoms with Crippen LogP contribution in [0.4, 0.5) is 0 Å². The average Bonchev–Trinajstić information content (AvgIpc) is 3.14. The molecule has 0 aromatic carbocycles. The second-order valence-corrected chi connectivity index (χ2v) is 7.07. The van der Waals surface area contributed by atoms with E-state index in [2.05, 4.69) is 10.1 Å². The third kappa shape index (κ3) is 2.51. The van der Waals surface area contributed by atoms with E-state index in [1.165, 1.54) is 0 Å². The number of fused-ring (bicyclic) bond motifs is 1. The Hall–Kier alpha value is -1.95. The number of pyridine rings is 1. The van der Waals surface area contributed by atoms with Crippen molar-refractivity contribution in [3.63, 3.8) is 0 Å². The predicted molar refractivity (Wildman–Crippen MR) is 86.4 cm³/mol. The molecule has 1 amide bonds. The van der Waals surface area contributed by atoms with Crippen LogP contribution in [0.15, 0.2) is 10.6 Å². The maximum absolute atomic E-state index is 13.0. The number of likely N-dealkylation sites (tertiary alicyclic amines) is 1. The first-order chi connectivity index (χ1) is 11.0. The molecule has 1 saturated carbocycles. The molecule has 1 aliphatic carbocycles. The van der Waals surface area contributed by atoms with E-state index < -0.39 is 0 Å². The Morgan fingerprint density at radius 2 is 2.17 bits per heavy atom. The van der Waals surface area contributed by atoms with Gasteiger partial charge in [-0.2, -0.15) is 0 Å². The quantitative estimate of drug-likeness (QED) is 0.940. The molecule has 2 fully saturated rings. The zero-order valence-electron chi connectivity index (χ0n) is 13.6. The Morgan fingerprint density at radius 3 is 2.78 bits per heavy atom. The minimum atomic E-state index is 0.0253. The SMILES string of the molecule is CC(C)c1noc2nc(C3CC3)cc(C(=O)N3CC[C@@H](N)C3)c12. The second kappa shape index (κ2) is 5.30. The standard InChI is InChI=1S/C17H22N4O2/c1-9(2)15-14-12(17(22)21-6-5-11(18)8-21)7-13(10-3-4-10)19-16(14)23-20-15/h7,9-11H,3-6,8,18H2,1-2H3/t11-/m1/s1. The Labute approximate surface area is 135 Å².